The number of esters is 1. The Balaban J connectivity index is 1.58. The van der Waals surface area contributed by atoms with Gasteiger partial charge in [-0.15, -0.1) is 0 Å². The zero-order valence-electron chi connectivity index (χ0n) is 19.6. The number of carbonyl (C=O) groups excluding carboxylic acids is 3. The number of carbonyl (C=O) groups is 3. The van der Waals surface area contributed by atoms with Gasteiger partial charge in [-0.05, 0) is 89.5 Å². The predicted octanol–water partition coefficient (Wildman–Crippen LogP) is 4.16. The lowest BCUT2D eigenvalue weighted by Gasteiger charge is -2.56. The third-order valence-corrected chi connectivity index (χ3v) is 8.24. The van der Waals surface area contributed by atoms with Crippen LogP contribution in [0.5, 0.6) is 0 Å². The van der Waals surface area contributed by atoms with Crippen LogP contribution in [-0.2, 0) is 16.1 Å². The SMILES string of the molecule is CCN(CC(=O)c1c(C)c(C(=O)OC)n(CC)c1C)C(=O)C12CC3CC(CC(C3)C1)C2. The van der Waals surface area contributed by atoms with Crippen molar-refractivity contribution in [2.24, 2.45) is 23.2 Å². The van der Waals surface area contributed by atoms with E-state index in [0.717, 1.165) is 25.0 Å². The van der Waals surface area contributed by atoms with E-state index in [1.165, 1.54) is 26.4 Å². The van der Waals surface area contributed by atoms with Crippen LogP contribution in [0.15, 0.2) is 0 Å². The standard InChI is InChI=1S/C25H36N2O4/c1-6-26(24(30)25-11-17-8-18(12-25)10-19(9-17)13-25)14-20(28)21-15(3)22(23(29)31-5)27(7-2)16(21)4/h17-19H,6-14H2,1-5H3. The van der Waals surface area contributed by atoms with Crippen LogP contribution < -0.4 is 0 Å². The van der Waals surface area contributed by atoms with Crippen LogP contribution >= 0.6 is 0 Å². The first-order valence-corrected chi connectivity index (χ1v) is 11.8. The average molecular weight is 429 g/mol. The second-order valence-corrected chi connectivity index (χ2v) is 10.1. The highest BCUT2D eigenvalue weighted by molar-refractivity contribution is 6.05. The predicted molar refractivity (Wildman–Crippen MR) is 118 cm³/mol. The van der Waals surface area contributed by atoms with Gasteiger partial charge in [-0.1, -0.05) is 0 Å². The van der Waals surface area contributed by atoms with Crippen LogP contribution in [0.3, 0.4) is 0 Å². The molecule has 0 atom stereocenters. The summed E-state index contributed by atoms with van der Waals surface area (Å²) in [5.41, 5.74) is 2.15. The van der Waals surface area contributed by atoms with E-state index in [1.807, 2.05) is 25.3 Å². The number of nitrogens with zero attached hydrogens (tertiary/aromatic N) is 2. The third-order valence-electron chi connectivity index (χ3n) is 8.24. The number of aromatic nitrogens is 1. The summed E-state index contributed by atoms with van der Waals surface area (Å²) in [4.78, 5) is 41.3. The molecule has 4 fully saturated rings. The topological polar surface area (TPSA) is 68.6 Å². The van der Waals surface area contributed by atoms with Crippen molar-refractivity contribution in [1.29, 1.82) is 0 Å². The number of ketones is 1. The van der Waals surface area contributed by atoms with Gasteiger partial charge in [0.1, 0.15) is 5.69 Å². The van der Waals surface area contributed by atoms with Crippen LogP contribution in [0.25, 0.3) is 0 Å². The van der Waals surface area contributed by atoms with E-state index < -0.39 is 5.97 Å². The molecule has 4 aliphatic rings. The average Bonchev–Trinajstić information content (AvgIpc) is 2.99. The van der Waals surface area contributed by atoms with Gasteiger partial charge in [0.05, 0.1) is 19.1 Å². The quantitative estimate of drug-likeness (QED) is 0.483. The monoisotopic (exact) mass is 428 g/mol. The Morgan fingerprint density at radius 3 is 2.03 bits per heavy atom. The minimum absolute atomic E-state index is 0.0765. The maximum atomic E-state index is 13.7. The molecule has 0 spiro atoms. The van der Waals surface area contributed by atoms with Crippen molar-refractivity contribution in [2.45, 2.75) is 72.8 Å². The molecule has 1 heterocycles. The Bertz CT molecular complexity index is 878. The van der Waals surface area contributed by atoms with Crippen molar-refractivity contribution in [2.75, 3.05) is 20.2 Å². The Hall–Kier alpha value is -2.11. The van der Waals surface area contributed by atoms with E-state index in [-0.39, 0.29) is 23.7 Å². The van der Waals surface area contributed by atoms with E-state index in [9.17, 15) is 14.4 Å². The van der Waals surface area contributed by atoms with E-state index in [2.05, 4.69) is 0 Å². The normalized spacial score (nSPS) is 28.6. The second-order valence-electron chi connectivity index (χ2n) is 10.1. The van der Waals surface area contributed by atoms with Crippen molar-refractivity contribution >= 4 is 17.7 Å². The van der Waals surface area contributed by atoms with Gasteiger partial charge in [-0.3, -0.25) is 9.59 Å². The van der Waals surface area contributed by atoms with E-state index in [4.69, 9.17) is 4.74 Å². The molecule has 5 rings (SSSR count). The zero-order valence-corrected chi connectivity index (χ0v) is 19.6. The molecule has 6 heteroatoms. The molecule has 4 bridgehead atoms. The summed E-state index contributed by atoms with van der Waals surface area (Å²) in [5.74, 6) is 1.73. The fourth-order valence-electron chi connectivity index (χ4n) is 7.35. The number of rotatable bonds is 7. The van der Waals surface area contributed by atoms with Crippen LogP contribution in [0.4, 0.5) is 0 Å². The lowest BCUT2D eigenvalue weighted by atomic mass is 9.49. The van der Waals surface area contributed by atoms with Crippen molar-refractivity contribution in [3.8, 4) is 0 Å². The number of likely N-dealkylation sites (N-methyl/N-ethyl adjacent to an activating group) is 1. The number of Topliss-reactive ketones (excluding diaryl/α,β-unsaturated/α-hetero) is 1. The highest BCUT2D eigenvalue weighted by Gasteiger charge is 2.55. The van der Waals surface area contributed by atoms with Gasteiger partial charge in [-0.2, -0.15) is 0 Å². The lowest BCUT2D eigenvalue weighted by molar-refractivity contribution is -0.157. The van der Waals surface area contributed by atoms with Crippen LogP contribution in [0.1, 0.15) is 84.5 Å². The first-order chi connectivity index (χ1) is 14.7. The molecule has 31 heavy (non-hydrogen) atoms. The van der Waals surface area contributed by atoms with Gasteiger partial charge in [-0.25, -0.2) is 4.79 Å². The fraction of sp³-hybridized carbons (Fsp3) is 0.720. The molecule has 0 radical (unpaired) electrons. The van der Waals surface area contributed by atoms with Crippen LogP contribution in [0, 0.1) is 37.0 Å². The lowest BCUT2D eigenvalue weighted by Crippen LogP contribution is -2.55. The summed E-state index contributed by atoms with van der Waals surface area (Å²) in [5, 5.41) is 0. The number of methoxy groups -OCH3 is 1. The Morgan fingerprint density at radius 1 is 1.03 bits per heavy atom. The molecular formula is C25H36N2O4. The molecule has 0 saturated heterocycles. The van der Waals surface area contributed by atoms with Crippen LogP contribution in [-0.4, -0.2) is 47.3 Å². The molecule has 4 aliphatic carbocycles. The number of hydrogen-bond donors (Lipinski definition) is 0. The zero-order chi connectivity index (χ0) is 22.5. The summed E-state index contributed by atoms with van der Waals surface area (Å²) in [6, 6.07) is 0. The maximum Gasteiger partial charge on any atom is 0.354 e. The molecule has 1 aromatic rings. The van der Waals surface area contributed by atoms with Crippen molar-refractivity contribution in [1.82, 2.24) is 9.47 Å². The third kappa shape index (κ3) is 3.52. The summed E-state index contributed by atoms with van der Waals surface area (Å²) < 4.78 is 6.79. The van der Waals surface area contributed by atoms with Crippen molar-refractivity contribution < 1.29 is 19.1 Å². The molecule has 0 aromatic carbocycles. The minimum atomic E-state index is -0.432. The molecule has 4 saturated carbocycles. The highest BCUT2D eigenvalue weighted by atomic mass is 16.5. The maximum absolute atomic E-state index is 13.7. The van der Waals surface area contributed by atoms with Gasteiger partial charge in [0.25, 0.3) is 0 Å². The molecule has 0 aliphatic heterocycles. The molecule has 0 unspecified atom stereocenters. The number of amides is 1. The number of hydrogen-bond acceptors (Lipinski definition) is 4. The smallest absolute Gasteiger partial charge is 0.354 e. The summed E-state index contributed by atoms with van der Waals surface area (Å²) in [6.45, 7) is 8.76. The Morgan fingerprint density at radius 2 is 1.58 bits per heavy atom. The minimum Gasteiger partial charge on any atom is -0.464 e. The largest absolute Gasteiger partial charge is 0.464 e. The van der Waals surface area contributed by atoms with Gasteiger partial charge in [0.2, 0.25) is 5.91 Å². The molecule has 0 N–H and O–H groups in total. The summed E-state index contributed by atoms with van der Waals surface area (Å²) in [7, 11) is 1.36. The van der Waals surface area contributed by atoms with E-state index in [0.29, 0.717) is 47.7 Å². The van der Waals surface area contributed by atoms with Crippen LogP contribution in [0.2, 0.25) is 0 Å². The summed E-state index contributed by atoms with van der Waals surface area (Å²) >= 11 is 0. The molecule has 1 amide bonds. The number of ether oxygens (including phenoxy) is 1. The highest BCUT2D eigenvalue weighted by Crippen LogP contribution is 2.60. The van der Waals surface area contributed by atoms with Gasteiger partial charge >= 0.3 is 5.97 Å². The summed E-state index contributed by atoms with van der Waals surface area (Å²) in [6.07, 6.45) is 6.86. The Labute approximate surface area is 185 Å². The molecule has 1 aromatic heterocycles. The van der Waals surface area contributed by atoms with Gasteiger partial charge in [0, 0.05) is 24.3 Å². The molecule has 6 nitrogen and oxygen atoms in total. The second kappa shape index (κ2) is 8.10. The fourth-order valence-corrected chi connectivity index (χ4v) is 7.35. The van der Waals surface area contributed by atoms with E-state index >= 15 is 0 Å². The first-order valence-electron chi connectivity index (χ1n) is 11.8. The first kappa shape index (κ1) is 22.1. The van der Waals surface area contributed by atoms with Crippen molar-refractivity contribution in [3.05, 3.63) is 22.5 Å². The molecular weight excluding hydrogens is 392 g/mol. The van der Waals surface area contributed by atoms with Gasteiger partial charge in [0.15, 0.2) is 5.78 Å². The van der Waals surface area contributed by atoms with Gasteiger partial charge < -0.3 is 14.2 Å². The van der Waals surface area contributed by atoms with E-state index in [1.54, 1.807) is 11.8 Å². The van der Waals surface area contributed by atoms with Crippen molar-refractivity contribution in [3.63, 3.8) is 0 Å². The Kier molecular flexibility index (Phi) is 5.78. The molecule has 170 valence electrons.